The Labute approximate surface area is 127 Å². The first-order valence-corrected chi connectivity index (χ1v) is 8.41. The number of aliphatic hydroxyl groups is 1. The zero-order valence-electron chi connectivity index (χ0n) is 12.8. The Hall–Kier alpha value is -0.900. The molecule has 1 aliphatic heterocycles. The molecule has 21 heavy (non-hydrogen) atoms. The summed E-state index contributed by atoms with van der Waals surface area (Å²) in [5.41, 5.74) is 1.25. The van der Waals surface area contributed by atoms with Crippen molar-refractivity contribution in [3.05, 3.63) is 35.9 Å². The summed E-state index contributed by atoms with van der Waals surface area (Å²) in [6.45, 7) is 3.40. The molecule has 1 heterocycles. The van der Waals surface area contributed by atoms with Crippen LogP contribution in [-0.4, -0.2) is 42.4 Å². The van der Waals surface area contributed by atoms with E-state index in [0.29, 0.717) is 5.92 Å². The lowest BCUT2D eigenvalue weighted by molar-refractivity contribution is -0.0459. The molecule has 0 amide bonds. The van der Waals surface area contributed by atoms with Gasteiger partial charge >= 0.3 is 0 Å². The van der Waals surface area contributed by atoms with E-state index in [1.54, 1.807) is 0 Å². The van der Waals surface area contributed by atoms with Gasteiger partial charge in [-0.05, 0) is 24.3 Å². The molecule has 2 fully saturated rings. The predicted molar refractivity (Wildman–Crippen MR) is 84.2 cm³/mol. The molecule has 0 unspecified atom stereocenters. The molecule has 1 aliphatic carbocycles. The van der Waals surface area contributed by atoms with Crippen molar-refractivity contribution in [1.29, 1.82) is 0 Å². The second kappa shape index (κ2) is 7.39. The smallest absolute Gasteiger partial charge is 0.0765 e. The molecule has 1 aromatic rings. The average Bonchev–Trinajstić information content (AvgIpc) is 2.58. The van der Waals surface area contributed by atoms with Gasteiger partial charge in [-0.3, -0.25) is 4.90 Å². The molecule has 1 saturated carbocycles. The van der Waals surface area contributed by atoms with Crippen molar-refractivity contribution in [3.8, 4) is 0 Å². The second-order valence-electron chi connectivity index (χ2n) is 6.39. The first kappa shape index (κ1) is 15.0. The molecule has 0 bridgehead atoms. The predicted octanol–water partition coefficient (Wildman–Crippen LogP) is 3.00. The maximum Gasteiger partial charge on any atom is 0.0765 e. The number of aliphatic hydroxyl groups excluding tert-OH is 1. The van der Waals surface area contributed by atoms with Gasteiger partial charge < -0.3 is 9.84 Å². The van der Waals surface area contributed by atoms with Crippen LogP contribution in [0, 0.1) is 5.92 Å². The Morgan fingerprint density at radius 2 is 1.67 bits per heavy atom. The minimum absolute atomic E-state index is 0.123. The van der Waals surface area contributed by atoms with Gasteiger partial charge in [0.05, 0.1) is 25.4 Å². The first-order valence-electron chi connectivity index (χ1n) is 8.41. The van der Waals surface area contributed by atoms with Gasteiger partial charge in [-0.1, -0.05) is 49.6 Å². The molecular weight excluding hydrogens is 262 g/mol. The normalized spacial score (nSPS) is 24.6. The summed E-state index contributed by atoms with van der Waals surface area (Å²) < 4.78 is 5.49. The van der Waals surface area contributed by atoms with Crippen LogP contribution in [0.3, 0.4) is 0 Å². The van der Waals surface area contributed by atoms with Crippen LogP contribution in [0.15, 0.2) is 30.3 Å². The molecule has 1 aromatic carbocycles. The highest BCUT2D eigenvalue weighted by atomic mass is 16.5. The lowest BCUT2D eigenvalue weighted by Gasteiger charge is -2.41. The van der Waals surface area contributed by atoms with Gasteiger partial charge in [-0.2, -0.15) is 0 Å². The van der Waals surface area contributed by atoms with Crippen molar-refractivity contribution < 1.29 is 9.84 Å². The van der Waals surface area contributed by atoms with E-state index in [0.717, 1.165) is 26.3 Å². The Bertz CT molecular complexity index is 410. The third-order valence-electron chi connectivity index (χ3n) is 5.04. The van der Waals surface area contributed by atoms with Gasteiger partial charge in [0.15, 0.2) is 0 Å². The van der Waals surface area contributed by atoms with Crippen molar-refractivity contribution in [2.75, 3.05) is 26.3 Å². The van der Waals surface area contributed by atoms with Gasteiger partial charge in [0, 0.05) is 13.1 Å². The van der Waals surface area contributed by atoms with Gasteiger partial charge in [0.1, 0.15) is 0 Å². The van der Waals surface area contributed by atoms with Gasteiger partial charge in [-0.25, -0.2) is 0 Å². The van der Waals surface area contributed by atoms with Crippen molar-refractivity contribution in [3.63, 3.8) is 0 Å². The van der Waals surface area contributed by atoms with E-state index in [-0.39, 0.29) is 12.1 Å². The number of hydrogen-bond donors (Lipinski definition) is 1. The van der Waals surface area contributed by atoms with E-state index in [4.69, 9.17) is 4.74 Å². The Morgan fingerprint density at radius 3 is 2.33 bits per heavy atom. The minimum Gasteiger partial charge on any atom is -0.391 e. The number of benzene rings is 1. The number of hydrogen-bond acceptors (Lipinski definition) is 3. The third-order valence-corrected chi connectivity index (χ3v) is 5.04. The lowest BCUT2D eigenvalue weighted by Crippen LogP contribution is -2.46. The van der Waals surface area contributed by atoms with Crippen LogP contribution in [0.5, 0.6) is 0 Å². The fourth-order valence-corrected chi connectivity index (χ4v) is 3.86. The Balaban J connectivity index is 1.80. The monoisotopic (exact) mass is 289 g/mol. The molecule has 0 aromatic heterocycles. The zero-order valence-corrected chi connectivity index (χ0v) is 12.8. The summed E-state index contributed by atoms with van der Waals surface area (Å²) in [5.74, 6) is 0.451. The number of nitrogens with zero attached hydrogens (tertiary/aromatic N) is 1. The SMILES string of the molecule is O[C@@H](C1CCCCC1)[C@@H](c1ccccc1)N1CCOCC1. The maximum atomic E-state index is 11.1. The summed E-state index contributed by atoms with van der Waals surface area (Å²) in [7, 11) is 0. The summed E-state index contributed by atoms with van der Waals surface area (Å²) in [4.78, 5) is 2.41. The van der Waals surface area contributed by atoms with E-state index in [1.165, 1.54) is 37.7 Å². The molecular formula is C18H27NO2. The topological polar surface area (TPSA) is 32.7 Å². The molecule has 3 rings (SSSR count). The summed E-state index contributed by atoms with van der Waals surface area (Å²) in [5, 5.41) is 11.1. The van der Waals surface area contributed by atoms with Crippen LogP contribution in [0.25, 0.3) is 0 Å². The fraction of sp³-hybridized carbons (Fsp3) is 0.667. The van der Waals surface area contributed by atoms with Crippen LogP contribution < -0.4 is 0 Å². The van der Waals surface area contributed by atoms with Gasteiger partial charge in [0.25, 0.3) is 0 Å². The lowest BCUT2D eigenvalue weighted by atomic mass is 9.80. The van der Waals surface area contributed by atoms with Crippen LogP contribution in [0.1, 0.15) is 43.7 Å². The molecule has 2 atom stereocenters. The third kappa shape index (κ3) is 3.65. The molecule has 0 spiro atoms. The van der Waals surface area contributed by atoms with Crippen molar-refractivity contribution in [2.24, 2.45) is 5.92 Å². The molecule has 0 radical (unpaired) electrons. The van der Waals surface area contributed by atoms with Crippen LogP contribution in [0.4, 0.5) is 0 Å². The number of morpholine rings is 1. The van der Waals surface area contributed by atoms with Crippen molar-refractivity contribution in [1.82, 2.24) is 4.90 Å². The number of rotatable bonds is 4. The van der Waals surface area contributed by atoms with Gasteiger partial charge in [-0.15, -0.1) is 0 Å². The molecule has 1 N–H and O–H groups in total. The molecule has 116 valence electrons. The standard InChI is InChI=1S/C18H27NO2/c20-18(16-9-5-2-6-10-16)17(15-7-3-1-4-8-15)19-11-13-21-14-12-19/h1,3-4,7-8,16-18,20H,2,5-6,9-14H2/t17-,18+/m1/s1. The van der Waals surface area contributed by atoms with Crippen LogP contribution in [-0.2, 0) is 4.74 Å². The largest absolute Gasteiger partial charge is 0.391 e. The zero-order chi connectivity index (χ0) is 14.5. The van der Waals surface area contributed by atoms with E-state index in [9.17, 15) is 5.11 Å². The summed E-state index contributed by atoms with van der Waals surface area (Å²) in [6, 6.07) is 10.6. The average molecular weight is 289 g/mol. The van der Waals surface area contributed by atoms with E-state index >= 15 is 0 Å². The minimum atomic E-state index is -0.259. The highest BCUT2D eigenvalue weighted by Crippen LogP contribution is 2.35. The Morgan fingerprint density at radius 1 is 1.00 bits per heavy atom. The molecule has 2 aliphatic rings. The van der Waals surface area contributed by atoms with Gasteiger partial charge in [0.2, 0.25) is 0 Å². The quantitative estimate of drug-likeness (QED) is 0.925. The van der Waals surface area contributed by atoms with E-state index < -0.39 is 0 Å². The highest BCUT2D eigenvalue weighted by Gasteiger charge is 2.34. The highest BCUT2D eigenvalue weighted by molar-refractivity contribution is 5.21. The van der Waals surface area contributed by atoms with Crippen LogP contribution in [0.2, 0.25) is 0 Å². The maximum absolute atomic E-state index is 11.1. The molecule has 3 heteroatoms. The van der Waals surface area contributed by atoms with E-state index in [2.05, 4.69) is 29.2 Å². The number of ether oxygens (including phenoxy) is 1. The van der Waals surface area contributed by atoms with Crippen molar-refractivity contribution >= 4 is 0 Å². The van der Waals surface area contributed by atoms with Crippen LogP contribution >= 0.6 is 0 Å². The van der Waals surface area contributed by atoms with Crippen molar-refractivity contribution in [2.45, 2.75) is 44.2 Å². The summed E-state index contributed by atoms with van der Waals surface area (Å²) in [6.07, 6.45) is 5.96. The van der Waals surface area contributed by atoms with E-state index in [1.807, 2.05) is 6.07 Å². The fourth-order valence-electron chi connectivity index (χ4n) is 3.86. The summed E-state index contributed by atoms with van der Waals surface area (Å²) >= 11 is 0. The second-order valence-corrected chi connectivity index (χ2v) is 6.39. The first-order chi connectivity index (χ1) is 10.4. The molecule has 3 nitrogen and oxygen atoms in total. The molecule has 1 saturated heterocycles. The Kier molecular flexibility index (Phi) is 5.28.